The van der Waals surface area contributed by atoms with Crippen molar-refractivity contribution in [3.63, 3.8) is 0 Å². The molecule has 2 unspecified atom stereocenters. The molecule has 2 nitrogen and oxygen atoms in total. The van der Waals surface area contributed by atoms with Crippen LogP contribution in [0.5, 0.6) is 0 Å². The summed E-state index contributed by atoms with van der Waals surface area (Å²) in [7, 11) is 0. The summed E-state index contributed by atoms with van der Waals surface area (Å²) in [6, 6.07) is 0.424. The van der Waals surface area contributed by atoms with E-state index in [2.05, 4.69) is 12.2 Å². The number of carbonyl (C=O) groups excluding carboxylic acids is 1. The highest BCUT2D eigenvalue weighted by atomic mass is 35.5. The lowest BCUT2D eigenvalue weighted by molar-refractivity contribution is -0.122. The van der Waals surface area contributed by atoms with Gasteiger partial charge in [0, 0.05) is 18.3 Å². The van der Waals surface area contributed by atoms with Crippen molar-refractivity contribution in [3.8, 4) is 0 Å². The fourth-order valence-electron chi connectivity index (χ4n) is 2.31. The van der Waals surface area contributed by atoms with E-state index >= 15 is 0 Å². The fourth-order valence-corrected chi connectivity index (χ4v) is 2.50. The third kappa shape index (κ3) is 5.74. The number of hydrogen-bond acceptors (Lipinski definition) is 1. The van der Waals surface area contributed by atoms with Crippen LogP contribution in [0.2, 0.25) is 0 Å². The first-order chi connectivity index (χ1) is 7.72. The Labute approximate surface area is 104 Å². The number of hydrogen-bond donors (Lipinski definition) is 1. The van der Waals surface area contributed by atoms with Gasteiger partial charge in [-0.05, 0) is 38.0 Å². The first kappa shape index (κ1) is 13.8. The summed E-state index contributed by atoms with van der Waals surface area (Å²) in [5.41, 5.74) is 0. The Hall–Kier alpha value is -0.240. The van der Waals surface area contributed by atoms with Gasteiger partial charge in [0.1, 0.15) is 0 Å². The van der Waals surface area contributed by atoms with Crippen LogP contribution in [-0.4, -0.2) is 17.8 Å². The van der Waals surface area contributed by atoms with E-state index in [4.69, 9.17) is 11.6 Å². The number of unbranched alkanes of at least 4 members (excludes halogenated alkanes) is 1. The number of alkyl halides is 1. The molecule has 94 valence electrons. The highest BCUT2D eigenvalue weighted by Gasteiger charge is 2.17. The molecule has 0 radical (unpaired) electrons. The number of amides is 1. The predicted molar refractivity (Wildman–Crippen MR) is 68.8 cm³/mol. The first-order valence-corrected chi connectivity index (χ1v) is 7.11. The second-order valence-electron chi connectivity index (χ2n) is 5.02. The van der Waals surface area contributed by atoms with E-state index in [-0.39, 0.29) is 5.91 Å². The molecule has 1 rings (SSSR count). The van der Waals surface area contributed by atoms with Gasteiger partial charge in [0.2, 0.25) is 5.91 Å². The quantitative estimate of drug-likeness (QED) is 0.449. The van der Waals surface area contributed by atoms with Crippen LogP contribution < -0.4 is 5.32 Å². The predicted octanol–water partition coefficient (Wildman–Crippen LogP) is 3.48. The standard InChI is InChI=1S/C13H24ClNO/c1-11-5-4-6-12(9-8-11)15-13(16)7-2-3-10-14/h11-12H,2-10H2,1H3,(H,15,16). The third-order valence-corrected chi connectivity index (χ3v) is 3.68. The lowest BCUT2D eigenvalue weighted by atomic mass is 10.0. The summed E-state index contributed by atoms with van der Waals surface area (Å²) >= 11 is 5.58. The topological polar surface area (TPSA) is 29.1 Å². The van der Waals surface area contributed by atoms with Crippen LogP contribution >= 0.6 is 11.6 Å². The number of halogens is 1. The third-order valence-electron chi connectivity index (χ3n) is 3.41. The van der Waals surface area contributed by atoms with Crippen LogP contribution in [0.25, 0.3) is 0 Å². The zero-order valence-corrected chi connectivity index (χ0v) is 11.1. The fraction of sp³-hybridized carbons (Fsp3) is 0.923. The summed E-state index contributed by atoms with van der Waals surface area (Å²) < 4.78 is 0. The van der Waals surface area contributed by atoms with Crippen molar-refractivity contribution in [2.45, 2.75) is 64.3 Å². The zero-order chi connectivity index (χ0) is 11.8. The van der Waals surface area contributed by atoms with Gasteiger partial charge in [-0.3, -0.25) is 4.79 Å². The van der Waals surface area contributed by atoms with Gasteiger partial charge in [0.25, 0.3) is 0 Å². The highest BCUT2D eigenvalue weighted by molar-refractivity contribution is 6.17. The summed E-state index contributed by atoms with van der Waals surface area (Å²) in [5.74, 6) is 1.71. The monoisotopic (exact) mass is 245 g/mol. The van der Waals surface area contributed by atoms with Crippen molar-refractivity contribution in [1.29, 1.82) is 0 Å². The van der Waals surface area contributed by atoms with E-state index in [1.807, 2.05) is 0 Å². The van der Waals surface area contributed by atoms with Gasteiger partial charge >= 0.3 is 0 Å². The molecule has 0 heterocycles. The molecule has 0 saturated heterocycles. The SMILES string of the molecule is CC1CCCC(NC(=O)CCCCCl)CC1. The molecular formula is C13H24ClNO. The van der Waals surface area contributed by atoms with Gasteiger partial charge in [0.05, 0.1) is 0 Å². The van der Waals surface area contributed by atoms with Crippen LogP contribution in [0.1, 0.15) is 58.3 Å². The van der Waals surface area contributed by atoms with E-state index in [0.29, 0.717) is 18.3 Å². The van der Waals surface area contributed by atoms with Crippen LogP contribution in [0.4, 0.5) is 0 Å². The molecular weight excluding hydrogens is 222 g/mol. The van der Waals surface area contributed by atoms with Crippen LogP contribution in [-0.2, 0) is 4.79 Å². The molecule has 1 N–H and O–H groups in total. The van der Waals surface area contributed by atoms with Crippen LogP contribution in [0.15, 0.2) is 0 Å². The average molecular weight is 246 g/mol. The van der Waals surface area contributed by atoms with E-state index in [1.54, 1.807) is 0 Å². The molecule has 2 atom stereocenters. The minimum atomic E-state index is 0.213. The maximum Gasteiger partial charge on any atom is 0.220 e. The van der Waals surface area contributed by atoms with Gasteiger partial charge < -0.3 is 5.32 Å². The summed E-state index contributed by atoms with van der Waals surface area (Å²) in [6.45, 7) is 2.31. The minimum absolute atomic E-state index is 0.213. The maximum atomic E-state index is 11.6. The van der Waals surface area contributed by atoms with Crippen molar-refractivity contribution in [3.05, 3.63) is 0 Å². The number of carbonyl (C=O) groups is 1. The van der Waals surface area contributed by atoms with Crippen LogP contribution in [0.3, 0.4) is 0 Å². The molecule has 0 spiro atoms. The molecule has 0 aromatic heterocycles. The van der Waals surface area contributed by atoms with Gasteiger partial charge in [-0.1, -0.05) is 19.8 Å². The Kier molecular flexibility index (Phi) is 6.86. The van der Waals surface area contributed by atoms with Crippen molar-refractivity contribution in [2.75, 3.05) is 5.88 Å². The molecule has 1 saturated carbocycles. The number of nitrogens with one attached hydrogen (secondary N) is 1. The molecule has 0 bridgehead atoms. The maximum absolute atomic E-state index is 11.6. The van der Waals surface area contributed by atoms with E-state index in [0.717, 1.165) is 31.6 Å². The second kappa shape index (κ2) is 7.94. The summed E-state index contributed by atoms with van der Waals surface area (Å²) in [5, 5.41) is 3.16. The smallest absolute Gasteiger partial charge is 0.220 e. The van der Waals surface area contributed by atoms with Gasteiger partial charge in [-0.2, -0.15) is 0 Å². The largest absolute Gasteiger partial charge is 0.353 e. The van der Waals surface area contributed by atoms with Crippen molar-refractivity contribution >= 4 is 17.5 Å². The minimum Gasteiger partial charge on any atom is -0.353 e. The Morgan fingerprint density at radius 1 is 1.25 bits per heavy atom. The Morgan fingerprint density at radius 3 is 2.81 bits per heavy atom. The van der Waals surface area contributed by atoms with Crippen molar-refractivity contribution in [2.24, 2.45) is 5.92 Å². The van der Waals surface area contributed by atoms with E-state index in [1.165, 1.54) is 19.3 Å². The Morgan fingerprint density at radius 2 is 2.06 bits per heavy atom. The molecule has 1 amide bonds. The average Bonchev–Trinajstić information content (AvgIpc) is 2.44. The molecule has 0 aromatic carbocycles. The van der Waals surface area contributed by atoms with Gasteiger partial charge in [-0.25, -0.2) is 0 Å². The first-order valence-electron chi connectivity index (χ1n) is 6.57. The number of rotatable bonds is 5. The lowest BCUT2D eigenvalue weighted by Gasteiger charge is -2.16. The molecule has 3 heteroatoms. The molecule has 0 aliphatic heterocycles. The molecule has 16 heavy (non-hydrogen) atoms. The van der Waals surface area contributed by atoms with Gasteiger partial charge in [0.15, 0.2) is 0 Å². The van der Waals surface area contributed by atoms with E-state index < -0.39 is 0 Å². The van der Waals surface area contributed by atoms with E-state index in [9.17, 15) is 4.79 Å². The normalized spacial score (nSPS) is 26.1. The summed E-state index contributed by atoms with van der Waals surface area (Å²) in [4.78, 5) is 11.6. The van der Waals surface area contributed by atoms with Crippen molar-refractivity contribution < 1.29 is 4.79 Å². The molecule has 0 aromatic rings. The summed E-state index contributed by atoms with van der Waals surface area (Å²) in [6.07, 6.45) is 8.64. The van der Waals surface area contributed by atoms with Crippen LogP contribution in [0, 0.1) is 5.92 Å². The second-order valence-corrected chi connectivity index (χ2v) is 5.40. The van der Waals surface area contributed by atoms with Gasteiger partial charge in [-0.15, -0.1) is 11.6 Å². The molecule has 1 fully saturated rings. The Balaban J connectivity index is 2.17. The lowest BCUT2D eigenvalue weighted by Crippen LogP contribution is -2.34. The Bertz CT molecular complexity index is 208. The highest BCUT2D eigenvalue weighted by Crippen LogP contribution is 2.22. The zero-order valence-electron chi connectivity index (χ0n) is 10.3. The molecule has 1 aliphatic carbocycles. The van der Waals surface area contributed by atoms with Crippen molar-refractivity contribution in [1.82, 2.24) is 5.32 Å². The molecule has 1 aliphatic rings.